The first-order chi connectivity index (χ1) is 13.7. The van der Waals surface area contributed by atoms with Gasteiger partial charge in [0.15, 0.2) is 5.75 Å². The summed E-state index contributed by atoms with van der Waals surface area (Å²) in [5.41, 5.74) is 2.48. The lowest BCUT2D eigenvalue weighted by Crippen LogP contribution is -2.17. The van der Waals surface area contributed by atoms with E-state index in [2.05, 4.69) is 15.3 Å². The minimum absolute atomic E-state index is 0.321. The first-order valence-electron chi connectivity index (χ1n) is 8.73. The minimum Gasteiger partial charge on any atom is -0.489 e. The van der Waals surface area contributed by atoms with Crippen LogP contribution in [-0.2, 0) is 6.54 Å². The van der Waals surface area contributed by atoms with Crippen molar-refractivity contribution >= 4 is 23.2 Å². The van der Waals surface area contributed by atoms with E-state index >= 15 is 0 Å². The Morgan fingerprint density at radius 3 is 2.93 bits per heavy atom. The SMILES string of the molecule is O=C(Nc1cnc2c(c1)OCCO2)c1cc(Cl)c2c(c1)-c1cncn1CCO2. The van der Waals surface area contributed by atoms with Crippen molar-refractivity contribution in [3.63, 3.8) is 0 Å². The van der Waals surface area contributed by atoms with Crippen molar-refractivity contribution in [2.75, 3.05) is 25.1 Å². The van der Waals surface area contributed by atoms with Crippen LogP contribution in [0.2, 0.25) is 5.02 Å². The lowest BCUT2D eigenvalue weighted by atomic mass is 10.1. The number of aromatic nitrogens is 3. The number of ether oxygens (including phenoxy) is 3. The number of nitrogens with zero attached hydrogens (tertiary/aromatic N) is 3. The van der Waals surface area contributed by atoms with E-state index in [1.54, 1.807) is 30.7 Å². The van der Waals surface area contributed by atoms with Gasteiger partial charge in [-0.2, -0.15) is 0 Å². The Hall–Kier alpha value is -3.26. The van der Waals surface area contributed by atoms with Gasteiger partial charge in [-0.15, -0.1) is 0 Å². The van der Waals surface area contributed by atoms with Crippen LogP contribution in [0.5, 0.6) is 17.4 Å². The van der Waals surface area contributed by atoms with E-state index < -0.39 is 0 Å². The number of carbonyl (C=O) groups is 1. The fourth-order valence-corrected chi connectivity index (χ4v) is 3.51. The molecule has 1 aromatic carbocycles. The third kappa shape index (κ3) is 2.91. The van der Waals surface area contributed by atoms with Gasteiger partial charge in [-0.25, -0.2) is 9.97 Å². The minimum atomic E-state index is -0.321. The molecule has 0 unspecified atom stereocenters. The van der Waals surface area contributed by atoms with Crippen molar-refractivity contribution < 1.29 is 19.0 Å². The van der Waals surface area contributed by atoms with E-state index in [1.807, 2.05) is 4.57 Å². The molecule has 0 saturated heterocycles. The second-order valence-corrected chi connectivity index (χ2v) is 6.74. The molecule has 8 nitrogen and oxygen atoms in total. The molecule has 3 aromatic rings. The average Bonchev–Trinajstić information content (AvgIpc) is 3.10. The number of anilines is 1. The highest BCUT2D eigenvalue weighted by Crippen LogP contribution is 2.39. The van der Waals surface area contributed by atoms with E-state index in [0.717, 1.165) is 11.3 Å². The zero-order chi connectivity index (χ0) is 19.1. The van der Waals surface area contributed by atoms with Crippen LogP contribution in [0.3, 0.4) is 0 Å². The third-order valence-electron chi connectivity index (χ3n) is 4.53. The molecule has 0 bridgehead atoms. The summed E-state index contributed by atoms with van der Waals surface area (Å²) in [7, 11) is 0. The second-order valence-electron chi connectivity index (χ2n) is 6.33. The topological polar surface area (TPSA) is 87.5 Å². The monoisotopic (exact) mass is 398 g/mol. The van der Waals surface area contributed by atoms with Gasteiger partial charge in [0.1, 0.15) is 25.6 Å². The molecule has 0 radical (unpaired) electrons. The average molecular weight is 399 g/mol. The zero-order valence-corrected chi connectivity index (χ0v) is 15.4. The lowest BCUT2D eigenvalue weighted by Gasteiger charge is -2.18. The van der Waals surface area contributed by atoms with Crippen LogP contribution >= 0.6 is 11.6 Å². The van der Waals surface area contributed by atoms with E-state index in [1.165, 1.54) is 6.20 Å². The van der Waals surface area contributed by atoms with Crippen molar-refractivity contribution in [2.24, 2.45) is 0 Å². The number of rotatable bonds is 2. The number of hydrogen-bond acceptors (Lipinski definition) is 6. The molecule has 0 aliphatic carbocycles. The van der Waals surface area contributed by atoms with Crippen molar-refractivity contribution in [2.45, 2.75) is 6.54 Å². The summed E-state index contributed by atoms with van der Waals surface area (Å²) >= 11 is 6.41. The number of amides is 1. The molecule has 0 fully saturated rings. The smallest absolute Gasteiger partial charge is 0.257 e. The summed E-state index contributed by atoms with van der Waals surface area (Å²) in [6.07, 6.45) is 4.99. The van der Waals surface area contributed by atoms with Gasteiger partial charge >= 0.3 is 0 Å². The lowest BCUT2D eigenvalue weighted by molar-refractivity contribution is 0.102. The van der Waals surface area contributed by atoms with Crippen molar-refractivity contribution in [3.8, 4) is 28.6 Å². The predicted octanol–water partition coefficient (Wildman–Crippen LogP) is 3.01. The molecule has 0 spiro atoms. The highest BCUT2D eigenvalue weighted by molar-refractivity contribution is 6.33. The Bertz CT molecular complexity index is 1080. The Morgan fingerprint density at radius 1 is 1.11 bits per heavy atom. The summed E-state index contributed by atoms with van der Waals surface area (Å²) in [5.74, 6) is 1.15. The number of imidazole rings is 1. The molecule has 142 valence electrons. The van der Waals surface area contributed by atoms with Crippen LogP contribution < -0.4 is 19.5 Å². The largest absolute Gasteiger partial charge is 0.489 e. The number of hydrogen-bond donors (Lipinski definition) is 1. The van der Waals surface area contributed by atoms with Crippen molar-refractivity contribution in [1.82, 2.24) is 14.5 Å². The van der Waals surface area contributed by atoms with Crippen LogP contribution in [-0.4, -0.2) is 40.3 Å². The quantitative estimate of drug-likeness (QED) is 0.714. The highest BCUT2D eigenvalue weighted by Gasteiger charge is 2.22. The van der Waals surface area contributed by atoms with Crippen LogP contribution in [0.25, 0.3) is 11.3 Å². The summed E-state index contributed by atoms with van der Waals surface area (Å²) in [6, 6.07) is 5.02. The van der Waals surface area contributed by atoms with Crippen molar-refractivity contribution in [3.05, 3.63) is 47.5 Å². The van der Waals surface area contributed by atoms with Gasteiger partial charge in [0.05, 0.1) is 41.7 Å². The molecular formula is C19H15ClN4O4. The maximum absolute atomic E-state index is 12.8. The summed E-state index contributed by atoms with van der Waals surface area (Å²) in [6.45, 7) is 2.04. The van der Waals surface area contributed by atoms with E-state index in [0.29, 0.717) is 60.0 Å². The normalized spacial score (nSPS) is 14.3. The number of carbonyl (C=O) groups excluding carboxylic acids is 1. The molecule has 28 heavy (non-hydrogen) atoms. The highest BCUT2D eigenvalue weighted by atomic mass is 35.5. The predicted molar refractivity (Wildman–Crippen MR) is 101 cm³/mol. The number of pyridine rings is 1. The van der Waals surface area contributed by atoms with Crippen LogP contribution in [0, 0.1) is 0 Å². The van der Waals surface area contributed by atoms with Gasteiger partial charge in [-0.1, -0.05) is 11.6 Å². The number of halogens is 1. The number of fused-ring (bicyclic) bond motifs is 4. The maximum Gasteiger partial charge on any atom is 0.257 e. The Morgan fingerprint density at radius 2 is 2.00 bits per heavy atom. The van der Waals surface area contributed by atoms with Crippen LogP contribution in [0.4, 0.5) is 5.69 Å². The van der Waals surface area contributed by atoms with E-state index in [4.69, 9.17) is 25.8 Å². The Kier molecular flexibility index (Phi) is 4.05. The first kappa shape index (κ1) is 16.9. The molecular weight excluding hydrogens is 384 g/mol. The molecule has 0 atom stereocenters. The van der Waals surface area contributed by atoms with Gasteiger partial charge in [-0.05, 0) is 12.1 Å². The molecule has 1 N–H and O–H groups in total. The molecule has 1 amide bonds. The molecule has 9 heteroatoms. The summed E-state index contributed by atoms with van der Waals surface area (Å²) in [5, 5.41) is 3.19. The maximum atomic E-state index is 12.8. The third-order valence-corrected chi connectivity index (χ3v) is 4.81. The molecule has 2 aliphatic heterocycles. The van der Waals surface area contributed by atoms with Gasteiger partial charge in [0.25, 0.3) is 11.8 Å². The molecule has 2 aliphatic rings. The van der Waals surface area contributed by atoms with Crippen LogP contribution in [0.15, 0.2) is 36.9 Å². The second kappa shape index (κ2) is 6.72. The van der Waals surface area contributed by atoms with Crippen LogP contribution in [0.1, 0.15) is 10.4 Å². The summed E-state index contributed by atoms with van der Waals surface area (Å²) in [4.78, 5) is 21.2. The fraction of sp³-hybridized carbons (Fsp3) is 0.211. The van der Waals surface area contributed by atoms with Gasteiger partial charge in [-0.3, -0.25) is 4.79 Å². The van der Waals surface area contributed by atoms with E-state index in [9.17, 15) is 4.79 Å². The fourth-order valence-electron chi connectivity index (χ4n) is 3.24. The number of nitrogens with one attached hydrogen (secondary N) is 1. The van der Waals surface area contributed by atoms with Gasteiger partial charge in [0.2, 0.25) is 0 Å². The van der Waals surface area contributed by atoms with Gasteiger partial charge in [0, 0.05) is 17.2 Å². The molecule has 0 saturated carbocycles. The zero-order valence-electron chi connectivity index (χ0n) is 14.6. The molecule has 4 heterocycles. The van der Waals surface area contributed by atoms with E-state index in [-0.39, 0.29) is 5.91 Å². The Labute approximate surface area is 165 Å². The molecule has 5 rings (SSSR count). The van der Waals surface area contributed by atoms with Crippen molar-refractivity contribution in [1.29, 1.82) is 0 Å². The number of benzene rings is 1. The molecule has 2 aromatic heterocycles. The van der Waals surface area contributed by atoms with Gasteiger partial charge < -0.3 is 24.1 Å². The first-order valence-corrected chi connectivity index (χ1v) is 9.11. The summed E-state index contributed by atoms with van der Waals surface area (Å²) < 4.78 is 18.6. The Balaban J connectivity index is 1.47. The standard InChI is InChI=1S/C19H15ClN4O4/c20-14-6-11(5-13-15-9-21-10-24(15)1-2-27-17(13)14)18(25)23-12-7-16-19(22-8-12)28-4-3-26-16/h5-10H,1-4H2,(H,23,25).